The number of hydrogen-bond acceptors (Lipinski definition) is 3. The first-order chi connectivity index (χ1) is 10.1. The van der Waals surface area contributed by atoms with E-state index in [-0.39, 0.29) is 17.4 Å². The number of amides is 1. The van der Waals surface area contributed by atoms with Crippen molar-refractivity contribution in [3.8, 4) is 0 Å². The molecule has 2 aromatic heterocycles. The van der Waals surface area contributed by atoms with Crippen LogP contribution in [0, 0.1) is 5.82 Å². The van der Waals surface area contributed by atoms with Gasteiger partial charge in [0.25, 0.3) is 5.91 Å². The Morgan fingerprint density at radius 3 is 3.00 bits per heavy atom. The lowest BCUT2D eigenvalue weighted by Gasteiger charge is -2.32. The first-order valence-electron chi connectivity index (χ1n) is 7.02. The van der Waals surface area contributed by atoms with Gasteiger partial charge in [0.1, 0.15) is 0 Å². The summed E-state index contributed by atoms with van der Waals surface area (Å²) in [5, 5.41) is 4.18. The highest BCUT2D eigenvalue weighted by Crippen LogP contribution is 2.27. The molecule has 1 unspecified atom stereocenters. The number of likely N-dealkylation sites (tertiary alicyclic amines) is 1. The zero-order valence-corrected chi connectivity index (χ0v) is 11.9. The lowest BCUT2D eigenvalue weighted by molar-refractivity contribution is 0.0702. The van der Waals surface area contributed by atoms with Crippen LogP contribution >= 0.6 is 0 Å². The number of carbonyl (C=O) groups excluding carboxylic acids is 1. The van der Waals surface area contributed by atoms with Gasteiger partial charge in [0.15, 0.2) is 5.82 Å². The summed E-state index contributed by atoms with van der Waals surface area (Å²) in [6, 6.07) is 1.44. The Labute approximate surface area is 122 Å². The summed E-state index contributed by atoms with van der Waals surface area (Å²) in [6.45, 7) is 1.27. The topological polar surface area (TPSA) is 51.0 Å². The molecule has 3 heterocycles. The lowest BCUT2D eigenvalue weighted by atomic mass is 9.92. The molecule has 1 aliphatic rings. The van der Waals surface area contributed by atoms with E-state index in [9.17, 15) is 9.18 Å². The molecule has 5 nitrogen and oxygen atoms in total. The Bertz CT molecular complexity index is 655. The van der Waals surface area contributed by atoms with Crippen LogP contribution in [-0.2, 0) is 7.05 Å². The quantitative estimate of drug-likeness (QED) is 0.849. The molecule has 0 radical (unpaired) electrons. The Morgan fingerprint density at radius 1 is 1.43 bits per heavy atom. The molecule has 0 saturated carbocycles. The molecule has 0 bridgehead atoms. The van der Waals surface area contributed by atoms with Crippen molar-refractivity contribution in [3.05, 3.63) is 47.8 Å². The molecule has 0 spiro atoms. The van der Waals surface area contributed by atoms with Crippen molar-refractivity contribution in [2.24, 2.45) is 7.05 Å². The number of rotatable bonds is 2. The van der Waals surface area contributed by atoms with Gasteiger partial charge in [-0.2, -0.15) is 5.10 Å². The number of aromatic nitrogens is 3. The van der Waals surface area contributed by atoms with Gasteiger partial charge in [-0.25, -0.2) is 4.39 Å². The van der Waals surface area contributed by atoms with Crippen LogP contribution in [0.4, 0.5) is 4.39 Å². The Balaban J connectivity index is 1.77. The predicted octanol–water partition coefficient (Wildman–Crippen LogP) is 1.97. The Kier molecular flexibility index (Phi) is 3.68. The molecule has 21 heavy (non-hydrogen) atoms. The zero-order valence-electron chi connectivity index (χ0n) is 11.9. The minimum absolute atomic E-state index is 0.0943. The van der Waals surface area contributed by atoms with Crippen LogP contribution in [0.3, 0.4) is 0 Å². The van der Waals surface area contributed by atoms with Gasteiger partial charge in [0.2, 0.25) is 0 Å². The van der Waals surface area contributed by atoms with Crippen LogP contribution in [-0.4, -0.2) is 38.7 Å². The van der Waals surface area contributed by atoms with Gasteiger partial charge in [-0.1, -0.05) is 0 Å². The average molecular weight is 288 g/mol. The number of pyridine rings is 1. The van der Waals surface area contributed by atoms with E-state index in [1.165, 1.54) is 12.3 Å². The normalized spacial score (nSPS) is 18.8. The fraction of sp³-hybridized carbons (Fsp3) is 0.400. The molecular weight excluding hydrogens is 271 g/mol. The zero-order chi connectivity index (χ0) is 14.8. The van der Waals surface area contributed by atoms with Crippen LogP contribution < -0.4 is 0 Å². The number of hydrogen-bond donors (Lipinski definition) is 0. The molecule has 0 aromatic carbocycles. The van der Waals surface area contributed by atoms with Gasteiger partial charge >= 0.3 is 0 Å². The largest absolute Gasteiger partial charge is 0.338 e. The summed E-state index contributed by atoms with van der Waals surface area (Å²) >= 11 is 0. The smallest absolute Gasteiger partial charge is 0.256 e. The SMILES string of the molecule is Cn1cc(C2CCCN(C(=O)c3ccncc3F)C2)cn1. The van der Waals surface area contributed by atoms with Gasteiger partial charge in [-0.05, 0) is 24.5 Å². The van der Waals surface area contributed by atoms with Crippen LogP contribution in [0.5, 0.6) is 0 Å². The predicted molar refractivity (Wildman–Crippen MR) is 75.3 cm³/mol. The molecule has 110 valence electrons. The van der Waals surface area contributed by atoms with E-state index in [2.05, 4.69) is 10.1 Å². The minimum atomic E-state index is -0.564. The van der Waals surface area contributed by atoms with Crippen molar-refractivity contribution in [1.82, 2.24) is 19.7 Å². The van der Waals surface area contributed by atoms with Crippen molar-refractivity contribution in [1.29, 1.82) is 0 Å². The summed E-state index contributed by atoms with van der Waals surface area (Å²) in [5.74, 6) is -0.559. The summed E-state index contributed by atoms with van der Waals surface area (Å²) in [5.41, 5.74) is 1.22. The summed E-state index contributed by atoms with van der Waals surface area (Å²) < 4.78 is 15.5. The summed E-state index contributed by atoms with van der Waals surface area (Å²) in [6.07, 6.45) is 8.28. The first kappa shape index (κ1) is 13.7. The molecule has 1 saturated heterocycles. The third-order valence-electron chi connectivity index (χ3n) is 3.91. The maximum absolute atomic E-state index is 13.7. The van der Waals surface area contributed by atoms with Gasteiger partial charge in [-0.15, -0.1) is 0 Å². The lowest BCUT2D eigenvalue weighted by Crippen LogP contribution is -2.39. The molecule has 2 aromatic rings. The number of halogens is 1. The third kappa shape index (κ3) is 2.79. The molecule has 3 rings (SSSR count). The van der Waals surface area contributed by atoms with Crippen molar-refractivity contribution >= 4 is 5.91 Å². The molecule has 1 aliphatic heterocycles. The Hall–Kier alpha value is -2.24. The van der Waals surface area contributed by atoms with E-state index in [0.717, 1.165) is 24.6 Å². The highest BCUT2D eigenvalue weighted by atomic mass is 19.1. The molecule has 1 amide bonds. The second-order valence-electron chi connectivity index (χ2n) is 5.39. The van der Waals surface area contributed by atoms with Crippen LogP contribution in [0.25, 0.3) is 0 Å². The monoisotopic (exact) mass is 288 g/mol. The second kappa shape index (κ2) is 5.63. The van der Waals surface area contributed by atoms with Crippen molar-refractivity contribution < 1.29 is 9.18 Å². The van der Waals surface area contributed by atoms with Crippen LogP contribution in [0.2, 0.25) is 0 Å². The van der Waals surface area contributed by atoms with E-state index < -0.39 is 5.82 Å². The van der Waals surface area contributed by atoms with E-state index in [1.54, 1.807) is 9.58 Å². The van der Waals surface area contributed by atoms with Gasteiger partial charge in [0.05, 0.1) is 18.0 Å². The van der Waals surface area contributed by atoms with Gasteiger partial charge in [0, 0.05) is 38.4 Å². The molecule has 0 N–H and O–H groups in total. The summed E-state index contributed by atoms with van der Waals surface area (Å²) in [4.78, 5) is 17.8. The van der Waals surface area contributed by atoms with Crippen molar-refractivity contribution in [2.75, 3.05) is 13.1 Å². The molecule has 0 aliphatic carbocycles. The molecular formula is C15H17FN4O. The fourth-order valence-electron chi connectivity index (χ4n) is 2.80. The Morgan fingerprint density at radius 2 is 2.29 bits per heavy atom. The third-order valence-corrected chi connectivity index (χ3v) is 3.91. The van der Waals surface area contributed by atoms with Crippen LogP contribution in [0.15, 0.2) is 30.9 Å². The molecule has 1 atom stereocenters. The molecule has 6 heteroatoms. The van der Waals surface area contributed by atoms with Crippen LogP contribution in [0.1, 0.15) is 34.7 Å². The number of aryl methyl sites for hydroxylation is 1. The number of carbonyl (C=O) groups is 1. The molecule has 1 fully saturated rings. The highest BCUT2D eigenvalue weighted by Gasteiger charge is 2.27. The van der Waals surface area contributed by atoms with Crippen molar-refractivity contribution in [2.45, 2.75) is 18.8 Å². The fourth-order valence-corrected chi connectivity index (χ4v) is 2.80. The van der Waals surface area contributed by atoms with E-state index in [4.69, 9.17) is 0 Å². The standard InChI is InChI=1S/C15H17FN4O/c1-19-9-12(7-18-19)11-3-2-6-20(10-11)15(21)13-4-5-17-8-14(13)16/h4-5,7-9,11H,2-3,6,10H2,1H3. The summed E-state index contributed by atoms with van der Waals surface area (Å²) in [7, 11) is 1.88. The van der Waals surface area contributed by atoms with Gasteiger partial charge < -0.3 is 4.90 Å². The highest BCUT2D eigenvalue weighted by molar-refractivity contribution is 5.94. The maximum atomic E-state index is 13.7. The van der Waals surface area contributed by atoms with Gasteiger partial charge in [-0.3, -0.25) is 14.5 Å². The van der Waals surface area contributed by atoms with E-state index in [1.807, 2.05) is 19.4 Å². The number of piperidine rings is 1. The number of nitrogens with zero attached hydrogens (tertiary/aromatic N) is 4. The van der Waals surface area contributed by atoms with E-state index in [0.29, 0.717) is 13.1 Å². The minimum Gasteiger partial charge on any atom is -0.338 e. The second-order valence-corrected chi connectivity index (χ2v) is 5.39. The average Bonchev–Trinajstić information content (AvgIpc) is 2.94. The first-order valence-corrected chi connectivity index (χ1v) is 7.02. The van der Waals surface area contributed by atoms with E-state index >= 15 is 0 Å². The van der Waals surface area contributed by atoms with Crippen molar-refractivity contribution in [3.63, 3.8) is 0 Å². The maximum Gasteiger partial charge on any atom is 0.256 e.